The largest absolute Gasteiger partial charge is 0.493 e. The zero-order chi connectivity index (χ0) is 21.8. The highest BCUT2D eigenvalue weighted by atomic mass is 79.9. The standard InChI is InChI=1S/C25H21BrN2O3/c1-17-22(25(29)28(27-17)21-6-4-3-5-7-21)14-19-10-13-23(24(15-19)30-2)31-16-18-8-11-20(26)12-9-18/h3-15H,16H2,1-2H3/b22-14-. The van der Waals surface area contributed by atoms with Crippen LogP contribution in [-0.4, -0.2) is 18.7 Å². The van der Waals surface area contributed by atoms with Crippen LogP contribution in [0.3, 0.4) is 0 Å². The number of ether oxygens (including phenoxy) is 2. The van der Waals surface area contributed by atoms with Crippen molar-refractivity contribution in [3.63, 3.8) is 0 Å². The van der Waals surface area contributed by atoms with E-state index in [0.29, 0.717) is 29.4 Å². The van der Waals surface area contributed by atoms with Crippen LogP contribution in [0, 0.1) is 0 Å². The number of hydrogen-bond donors (Lipinski definition) is 0. The third kappa shape index (κ3) is 4.70. The quantitative estimate of drug-likeness (QED) is 0.419. The molecule has 31 heavy (non-hydrogen) atoms. The van der Waals surface area contributed by atoms with Gasteiger partial charge in [0.05, 0.1) is 24.1 Å². The van der Waals surface area contributed by atoms with Crippen molar-refractivity contribution in [2.45, 2.75) is 13.5 Å². The average Bonchev–Trinajstić information content (AvgIpc) is 3.08. The summed E-state index contributed by atoms with van der Waals surface area (Å²) in [5, 5.41) is 5.84. The molecule has 1 amide bonds. The molecule has 0 atom stereocenters. The Bertz CT molecular complexity index is 1160. The van der Waals surface area contributed by atoms with Crippen molar-refractivity contribution in [1.82, 2.24) is 0 Å². The number of benzene rings is 3. The molecule has 0 radical (unpaired) electrons. The van der Waals surface area contributed by atoms with Crippen LogP contribution < -0.4 is 14.5 Å². The lowest BCUT2D eigenvalue weighted by Crippen LogP contribution is -2.21. The van der Waals surface area contributed by atoms with Gasteiger partial charge < -0.3 is 9.47 Å². The Morgan fingerprint density at radius 1 is 1.00 bits per heavy atom. The number of nitrogens with zero attached hydrogens (tertiary/aromatic N) is 2. The van der Waals surface area contributed by atoms with Crippen LogP contribution in [-0.2, 0) is 11.4 Å². The summed E-state index contributed by atoms with van der Waals surface area (Å²) in [5.74, 6) is 1.09. The lowest BCUT2D eigenvalue weighted by atomic mass is 10.1. The number of anilines is 1. The monoisotopic (exact) mass is 476 g/mol. The van der Waals surface area contributed by atoms with Gasteiger partial charge in [0.15, 0.2) is 11.5 Å². The fourth-order valence-corrected chi connectivity index (χ4v) is 3.49. The first-order valence-corrected chi connectivity index (χ1v) is 10.6. The summed E-state index contributed by atoms with van der Waals surface area (Å²) in [6, 6.07) is 23.0. The van der Waals surface area contributed by atoms with Crippen LogP contribution in [0.2, 0.25) is 0 Å². The minimum Gasteiger partial charge on any atom is -0.493 e. The Hall–Kier alpha value is -3.38. The van der Waals surface area contributed by atoms with Crippen molar-refractivity contribution in [3.8, 4) is 11.5 Å². The van der Waals surface area contributed by atoms with Crippen LogP contribution in [0.15, 0.2) is 87.9 Å². The molecule has 1 heterocycles. The second kappa shape index (κ2) is 9.18. The minimum absolute atomic E-state index is 0.154. The van der Waals surface area contributed by atoms with E-state index in [2.05, 4.69) is 21.0 Å². The van der Waals surface area contributed by atoms with Crippen molar-refractivity contribution >= 4 is 39.3 Å². The van der Waals surface area contributed by atoms with Crippen molar-refractivity contribution < 1.29 is 14.3 Å². The molecule has 4 rings (SSSR count). The third-order valence-corrected chi connectivity index (χ3v) is 5.40. The predicted molar refractivity (Wildman–Crippen MR) is 126 cm³/mol. The SMILES string of the molecule is COc1cc(/C=C2\C(=O)N(c3ccccc3)N=C2C)ccc1OCc1ccc(Br)cc1. The zero-order valence-corrected chi connectivity index (χ0v) is 18.8. The smallest absolute Gasteiger partial charge is 0.280 e. The molecule has 0 saturated carbocycles. The average molecular weight is 477 g/mol. The maximum Gasteiger partial charge on any atom is 0.280 e. The van der Waals surface area contributed by atoms with Crippen molar-refractivity contribution in [1.29, 1.82) is 0 Å². The van der Waals surface area contributed by atoms with Gasteiger partial charge in [-0.05, 0) is 60.5 Å². The molecule has 1 aliphatic heterocycles. The van der Waals surface area contributed by atoms with Gasteiger partial charge in [0.1, 0.15) is 6.61 Å². The molecule has 3 aromatic carbocycles. The number of amides is 1. The molecule has 0 spiro atoms. The predicted octanol–water partition coefficient (Wildman–Crippen LogP) is 5.84. The summed E-state index contributed by atoms with van der Waals surface area (Å²) in [6.45, 7) is 2.26. The zero-order valence-electron chi connectivity index (χ0n) is 17.2. The number of carbonyl (C=O) groups is 1. The number of rotatable bonds is 6. The Balaban J connectivity index is 1.53. The van der Waals surface area contributed by atoms with Crippen LogP contribution in [0.5, 0.6) is 11.5 Å². The highest BCUT2D eigenvalue weighted by Gasteiger charge is 2.28. The van der Waals surface area contributed by atoms with Gasteiger partial charge in [-0.2, -0.15) is 10.1 Å². The van der Waals surface area contributed by atoms with E-state index in [1.165, 1.54) is 5.01 Å². The van der Waals surface area contributed by atoms with Crippen molar-refractivity contribution in [2.75, 3.05) is 12.1 Å². The topological polar surface area (TPSA) is 51.1 Å². The van der Waals surface area contributed by atoms with Gasteiger partial charge in [-0.3, -0.25) is 4.79 Å². The molecule has 5 nitrogen and oxygen atoms in total. The summed E-state index contributed by atoms with van der Waals surface area (Å²) in [5.41, 5.74) is 3.85. The Kier molecular flexibility index (Phi) is 6.18. The molecular formula is C25H21BrN2O3. The molecule has 0 bridgehead atoms. The fourth-order valence-electron chi connectivity index (χ4n) is 3.23. The molecule has 0 fully saturated rings. The first-order valence-electron chi connectivity index (χ1n) is 9.77. The Labute approximate surface area is 189 Å². The number of hydrazone groups is 1. The first-order chi connectivity index (χ1) is 15.0. The van der Waals surface area contributed by atoms with E-state index >= 15 is 0 Å². The third-order valence-electron chi connectivity index (χ3n) is 4.87. The van der Waals surface area contributed by atoms with E-state index in [1.54, 1.807) is 7.11 Å². The van der Waals surface area contributed by atoms with Gasteiger partial charge in [0.25, 0.3) is 5.91 Å². The summed E-state index contributed by atoms with van der Waals surface area (Å²) in [4.78, 5) is 12.9. The number of hydrogen-bond acceptors (Lipinski definition) is 4. The van der Waals surface area contributed by atoms with Crippen molar-refractivity contribution in [2.24, 2.45) is 5.10 Å². The molecule has 156 valence electrons. The fraction of sp³-hybridized carbons (Fsp3) is 0.120. The molecule has 0 saturated heterocycles. The van der Waals surface area contributed by atoms with Gasteiger partial charge in [-0.15, -0.1) is 0 Å². The second-order valence-electron chi connectivity index (χ2n) is 7.02. The molecule has 6 heteroatoms. The summed E-state index contributed by atoms with van der Waals surface area (Å²) in [6.07, 6.45) is 1.82. The lowest BCUT2D eigenvalue weighted by molar-refractivity contribution is -0.114. The highest BCUT2D eigenvalue weighted by molar-refractivity contribution is 9.10. The minimum atomic E-state index is -0.154. The number of methoxy groups -OCH3 is 1. The Morgan fingerprint density at radius 3 is 2.45 bits per heavy atom. The first kappa shape index (κ1) is 20.9. The normalized spacial score (nSPS) is 14.7. The van der Waals surface area contributed by atoms with Crippen molar-refractivity contribution in [3.05, 3.63) is 94.0 Å². The number of halogens is 1. The van der Waals surface area contributed by atoms with E-state index < -0.39 is 0 Å². The summed E-state index contributed by atoms with van der Waals surface area (Å²) in [7, 11) is 1.60. The van der Waals surface area contributed by atoms with Crippen LogP contribution in [0.4, 0.5) is 5.69 Å². The van der Waals surface area contributed by atoms with E-state index in [1.807, 2.05) is 85.8 Å². The number of para-hydroxylation sites is 1. The number of carbonyl (C=O) groups excluding carboxylic acids is 1. The second-order valence-corrected chi connectivity index (χ2v) is 7.94. The van der Waals surface area contributed by atoms with Gasteiger partial charge in [0.2, 0.25) is 0 Å². The summed E-state index contributed by atoms with van der Waals surface area (Å²) < 4.78 is 12.5. The molecular weight excluding hydrogens is 456 g/mol. The van der Waals surface area contributed by atoms with Crippen LogP contribution in [0.25, 0.3) is 6.08 Å². The van der Waals surface area contributed by atoms with E-state index in [-0.39, 0.29) is 5.91 Å². The lowest BCUT2D eigenvalue weighted by Gasteiger charge is -2.12. The van der Waals surface area contributed by atoms with Gasteiger partial charge >= 0.3 is 0 Å². The molecule has 0 N–H and O–H groups in total. The maximum absolute atomic E-state index is 12.9. The molecule has 3 aromatic rings. The van der Waals surface area contributed by atoms with Gasteiger partial charge in [-0.1, -0.05) is 52.3 Å². The molecule has 0 aliphatic carbocycles. The van der Waals surface area contributed by atoms with Crippen LogP contribution in [0.1, 0.15) is 18.1 Å². The molecule has 1 aliphatic rings. The highest BCUT2D eigenvalue weighted by Crippen LogP contribution is 2.31. The summed E-state index contributed by atoms with van der Waals surface area (Å²) >= 11 is 3.43. The van der Waals surface area contributed by atoms with E-state index in [9.17, 15) is 4.79 Å². The van der Waals surface area contributed by atoms with Gasteiger partial charge in [-0.25, -0.2) is 0 Å². The van der Waals surface area contributed by atoms with E-state index in [0.717, 1.165) is 21.3 Å². The molecule has 0 unspecified atom stereocenters. The van der Waals surface area contributed by atoms with Crippen LogP contribution >= 0.6 is 15.9 Å². The molecule has 0 aromatic heterocycles. The van der Waals surface area contributed by atoms with Gasteiger partial charge in [0, 0.05) is 4.47 Å². The van der Waals surface area contributed by atoms with E-state index in [4.69, 9.17) is 9.47 Å². The Morgan fingerprint density at radius 2 is 1.74 bits per heavy atom. The maximum atomic E-state index is 12.9.